The summed E-state index contributed by atoms with van der Waals surface area (Å²) in [5, 5.41) is 21.5. The van der Waals surface area contributed by atoms with Gasteiger partial charge in [0.15, 0.2) is 0 Å². The first kappa shape index (κ1) is 23.0. The number of carboxylic acid groups (broad SMARTS) is 2. The Labute approximate surface area is 194 Å². The highest BCUT2D eigenvalue weighted by Gasteiger charge is 2.35. The fourth-order valence-corrected chi connectivity index (χ4v) is 4.27. The van der Waals surface area contributed by atoms with Crippen molar-refractivity contribution >= 4 is 35.3 Å². The van der Waals surface area contributed by atoms with Crippen molar-refractivity contribution in [3.63, 3.8) is 0 Å². The number of benzene rings is 2. The molecule has 0 unspecified atom stereocenters. The van der Waals surface area contributed by atoms with Crippen LogP contribution in [0.1, 0.15) is 55.9 Å². The van der Waals surface area contributed by atoms with Gasteiger partial charge in [0.25, 0.3) is 11.8 Å². The Hall–Kier alpha value is -4.21. The molecule has 0 saturated heterocycles. The van der Waals surface area contributed by atoms with Crippen LogP contribution >= 0.6 is 0 Å². The van der Waals surface area contributed by atoms with Crippen molar-refractivity contribution in [2.45, 2.75) is 31.8 Å². The molecule has 2 aromatic rings. The standard InChI is InChI=1S/C24H23N3O7/c28-20(29)12-19-23(32)26(13-15-11-14(24(33)34)7-8-18(15)25-19)9-3-4-10-27-21(30)16-5-1-2-6-17(16)22(27)31/h1-2,5-8,11,19,25H,3-4,9-10,12-13H2,(H,28,29)(H,33,34)/t19-/m0/s1. The fourth-order valence-electron chi connectivity index (χ4n) is 4.27. The third kappa shape index (κ3) is 4.47. The van der Waals surface area contributed by atoms with Crippen molar-refractivity contribution in [3.8, 4) is 0 Å². The van der Waals surface area contributed by atoms with Gasteiger partial charge in [0, 0.05) is 25.3 Å². The second-order valence-electron chi connectivity index (χ2n) is 8.25. The molecule has 0 spiro atoms. The highest BCUT2D eigenvalue weighted by Crippen LogP contribution is 2.26. The van der Waals surface area contributed by atoms with E-state index in [0.717, 1.165) is 0 Å². The van der Waals surface area contributed by atoms with Gasteiger partial charge in [-0.15, -0.1) is 0 Å². The molecule has 2 heterocycles. The van der Waals surface area contributed by atoms with Gasteiger partial charge < -0.3 is 20.4 Å². The van der Waals surface area contributed by atoms with Crippen LogP contribution < -0.4 is 5.32 Å². The topological polar surface area (TPSA) is 144 Å². The SMILES string of the molecule is O=C(O)C[C@@H]1Nc2ccc(C(=O)O)cc2CN(CCCCN2C(=O)c3ccccc3C2=O)C1=O. The van der Waals surface area contributed by atoms with Crippen molar-refractivity contribution < 1.29 is 34.2 Å². The summed E-state index contributed by atoms with van der Waals surface area (Å²) in [5.41, 5.74) is 1.90. The summed E-state index contributed by atoms with van der Waals surface area (Å²) in [6.45, 7) is 0.576. The van der Waals surface area contributed by atoms with Crippen LogP contribution in [0.5, 0.6) is 0 Å². The van der Waals surface area contributed by atoms with Gasteiger partial charge in [-0.25, -0.2) is 4.79 Å². The zero-order valence-electron chi connectivity index (χ0n) is 18.2. The number of hydrogen-bond donors (Lipinski definition) is 3. The molecule has 0 saturated carbocycles. The van der Waals surface area contributed by atoms with E-state index in [4.69, 9.17) is 0 Å². The summed E-state index contributed by atoms with van der Waals surface area (Å²) in [5.74, 6) is -3.33. The van der Waals surface area contributed by atoms with Gasteiger partial charge in [-0.05, 0) is 48.7 Å². The van der Waals surface area contributed by atoms with Crippen LogP contribution in [0.15, 0.2) is 42.5 Å². The largest absolute Gasteiger partial charge is 0.481 e. The number of fused-ring (bicyclic) bond motifs is 2. The molecular weight excluding hydrogens is 442 g/mol. The van der Waals surface area contributed by atoms with Crippen LogP contribution in [-0.2, 0) is 16.1 Å². The second-order valence-corrected chi connectivity index (χ2v) is 8.25. The first-order valence-corrected chi connectivity index (χ1v) is 10.8. The average molecular weight is 465 g/mol. The Balaban J connectivity index is 1.44. The van der Waals surface area contributed by atoms with Gasteiger partial charge >= 0.3 is 11.9 Å². The first-order valence-electron chi connectivity index (χ1n) is 10.8. The number of anilines is 1. The molecule has 10 nitrogen and oxygen atoms in total. The molecule has 0 aromatic heterocycles. The third-order valence-corrected chi connectivity index (χ3v) is 5.97. The number of carbonyl (C=O) groups excluding carboxylic acids is 3. The molecule has 2 aliphatic rings. The Bertz CT molecular complexity index is 1160. The number of nitrogens with zero attached hydrogens (tertiary/aromatic N) is 2. The molecule has 0 radical (unpaired) electrons. The van der Waals surface area contributed by atoms with Gasteiger partial charge in [0.2, 0.25) is 5.91 Å². The van der Waals surface area contributed by atoms with E-state index in [1.165, 1.54) is 28.0 Å². The van der Waals surface area contributed by atoms with Gasteiger partial charge in [0.1, 0.15) is 6.04 Å². The number of aromatic carboxylic acids is 1. The molecule has 10 heteroatoms. The van der Waals surface area contributed by atoms with Crippen LogP contribution in [0.25, 0.3) is 0 Å². The van der Waals surface area contributed by atoms with E-state index in [1.54, 1.807) is 24.3 Å². The minimum Gasteiger partial charge on any atom is -0.481 e. The van der Waals surface area contributed by atoms with Crippen molar-refractivity contribution in [1.29, 1.82) is 0 Å². The van der Waals surface area contributed by atoms with Gasteiger partial charge in [-0.1, -0.05) is 12.1 Å². The Morgan fingerprint density at radius 1 is 0.941 bits per heavy atom. The number of carboxylic acids is 2. The summed E-state index contributed by atoms with van der Waals surface area (Å²) in [6.07, 6.45) is 0.492. The Morgan fingerprint density at radius 3 is 2.21 bits per heavy atom. The zero-order chi connectivity index (χ0) is 24.4. The van der Waals surface area contributed by atoms with E-state index < -0.39 is 30.3 Å². The molecule has 2 aliphatic heterocycles. The predicted molar refractivity (Wildman–Crippen MR) is 120 cm³/mol. The number of rotatable bonds is 8. The molecule has 34 heavy (non-hydrogen) atoms. The fraction of sp³-hybridized carbons (Fsp3) is 0.292. The Kier molecular flexibility index (Phi) is 6.31. The molecule has 3 N–H and O–H groups in total. The summed E-state index contributed by atoms with van der Waals surface area (Å²) in [6, 6.07) is 10.0. The van der Waals surface area contributed by atoms with E-state index in [9.17, 15) is 34.2 Å². The lowest BCUT2D eigenvalue weighted by Gasteiger charge is -2.24. The molecule has 3 amide bonds. The normalized spacial score (nSPS) is 17.2. The molecular formula is C24H23N3O7. The zero-order valence-corrected chi connectivity index (χ0v) is 18.2. The Morgan fingerprint density at radius 2 is 1.59 bits per heavy atom. The van der Waals surface area contributed by atoms with Crippen molar-refractivity contribution in [2.24, 2.45) is 0 Å². The van der Waals surface area contributed by atoms with Crippen LogP contribution in [-0.4, -0.2) is 68.8 Å². The van der Waals surface area contributed by atoms with Crippen LogP contribution in [0.2, 0.25) is 0 Å². The van der Waals surface area contributed by atoms with E-state index in [1.807, 2.05) is 0 Å². The minimum absolute atomic E-state index is 0.0651. The summed E-state index contributed by atoms with van der Waals surface area (Å²) < 4.78 is 0. The van der Waals surface area contributed by atoms with E-state index in [-0.39, 0.29) is 37.0 Å². The first-order chi connectivity index (χ1) is 16.3. The lowest BCUT2D eigenvalue weighted by molar-refractivity contribution is -0.141. The maximum Gasteiger partial charge on any atom is 0.335 e. The molecule has 176 valence electrons. The van der Waals surface area contributed by atoms with Crippen molar-refractivity contribution in [3.05, 3.63) is 64.7 Å². The van der Waals surface area contributed by atoms with Crippen molar-refractivity contribution in [1.82, 2.24) is 9.80 Å². The van der Waals surface area contributed by atoms with Gasteiger partial charge in [-0.3, -0.25) is 24.1 Å². The summed E-state index contributed by atoms with van der Waals surface area (Å²) >= 11 is 0. The van der Waals surface area contributed by atoms with E-state index in [0.29, 0.717) is 35.2 Å². The monoisotopic (exact) mass is 465 g/mol. The molecule has 2 aromatic carbocycles. The predicted octanol–water partition coefficient (Wildman–Crippen LogP) is 2.06. The number of aliphatic carboxylic acids is 1. The number of unbranched alkanes of at least 4 members (excludes halogenated alkanes) is 1. The molecule has 0 bridgehead atoms. The van der Waals surface area contributed by atoms with Crippen LogP contribution in [0.4, 0.5) is 5.69 Å². The average Bonchev–Trinajstić information content (AvgIpc) is 2.96. The molecule has 0 fully saturated rings. The number of imide groups is 1. The minimum atomic E-state index is -1.14. The van der Waals surface area contributed by atoms with E-state index in [2.05, 4.69) is 5.32 Å². The molecule has 4 rings (SSSR count). The van der Waals surface area contributed by atoms with Gasteiger partial charge in [-0.2, -0.15) is 0 Å². The van der Waals surface area contributed by atoms with Crippen LogP contribution in [0, 0.1) is 0 Å². The maximum atomic E-state index is 13.0. The third-order valence-electron chi connectivity index (χ3n) is 5.97. The number of amides is 3. The van der Waals surface area contributed by atoms with Crippen LogP contribution in [0.3, 0.4) is 0 Å². The number of carbonyl (C=O) groups is 5. The lowest BCUT2D eigenvalue weighted by Crippen LogP contribution is -2.42. The summed E-state index contributed by atoms with van der Waals surface area (Å²) in [7, 11) is 0. The number of nitrogens with one attached hydrogen (secondary N) is 1. The maximum absolute atomic E-state index is 13.0. The number of hydrogen-bond acceptors (Lipinski definition) is 6. The van der Waals surface area contributed by atoms with Crippen molar-refractivity contribution in [2.75, 3.05) is 18.4 Å². The quantitative estimate of drug-likeness (QED) is 0.397. The highest BCUT2D eigenvalue weighted by molar-refractivity contribution is 6.21. The lowest BCUT2D eigenvalue weighted by atomic mass is 10.1. The molecule has 0 aliphatic carbocycles. The van der Waals surface area contributed by atoms with Gasteiger partial charge in [0.05, 0.1) is 23.1 Å². The smallest absolute Gasteiger partial charge is 0.335 e. The highest BCUT2D eigenvalue weighted by atomic mass is 16.4. The summed E-state index contributed by atoms with van der Waals surface area (Å²) in [4.78, 5) is 63.4. The second kappa shape index (κ2) is 9.34. The molecule has 1 atom stereocenters. The van der Waals surface area contributed by atoms with E-state index >= 15 is 0 Å².